The number of amidine groups is 2. The van der Waals surface area contributed by atoms with E-state index in [4.69, 9.17) is 21.7 Å². The number of aryl methyl sites for hydroxylation is 1. The number of methoxy groups -OCH3 is 1. The third-order valence-corrected chi connectivity index (χ3v) is 6.85. The second kappa shape index (κ2) is 9.57. The van der Waals surface area contributed by atoms with Crippen molar-refractivity contribution in [3.8, 4) is 11.4 Å². The van der Waals surface area contributed by atoms with Gasteiger partial charge in [0, 0.05) is 16.4 Å². The third kappa shape index (κ3) is 4.50. The first-order chi connectivity index (χ1) is 15.8. The smallest absolute Gasteiger partial charge is 0.283 e. The number of nitrogens with one attached hydrogen (secondary N) is 1. The highest BCUT2D eigenvalue weighted by molar-refractivity contribution is 8.26. The van der Waals surface area contributed by atoms with Crippen molar-refractivity contribution < 1.29 is 9.53 Å². The number of aromatic nitrogens is 1. The molecule has 0 atom stereocenters. The van der Waals surface area contributed by atoms with Crippen molar-refractivity contribution in [2.24, 2.45) is 10.1 Å². The summed E-state index contributed by atoms with van der Waals surface area (Å²) in [6.07, 6.45) is 5.84. The lowest BCUT2D eigenvalue weighted by molar-refractivity contribution is -0.114. The van der Waals surface area contributed by atoms with Crippen LogP contribution in [-0.2, 0) is 4.79 Å². The van der Waals surface area contributed by atoms with Crippen LogP contribution < -0.4 is 4.74 Å². The number of nitrogens with zero attached hydrogens (tertiary/aromatic N) is 4. The van der Waals surface area contributed by atoms with Gasteiger partial charge < -0.3 is 9.30 Å². The molecule has 33 heavy (non-hydrogen) atoms. The lowest BCUT2D eigenvalue weighted by atomic mass is 10.1. The van der Waals surface area contributed by atoms with Gasteiger partial charge in [0.25, 0.3) is 5.91 Å². The van der Waals surface area contributed by atoms with Gasteiger partial charge in [0.2, 0.25) is 5.17 Å². The third-order valence-electron chi connectivity index (χ3n) is 5.64. The van der Waals surface area contributed by atoms with Crippen molar-refractivity contribution in [2.75, 3.05) is 7.11 Å². The van der Waals surface area contributed by atoms with E-state index in [1.54, 1.807) is 19.3 Å². The molecule has 0 spiro atoms. The number of aliphatic imine (C=N–C) groups is 1. The van der Waals surface area contributed by atoms with Gasteiger partial charge in [0.1, 0.15) is 10.8 Å². The van der Waals surface area contributed by atoms with Crippen LogP contribution in [0.4, 0.5) is 0 Å². The number of thioether (sulfide) groups is 1. The SMILES string of the molecule is CCCCCC1=NN2C(=N)/C(=C\c3cc(C)n(-c4cc(Cl)ccc4OC)c3C)C(=O)N=C2S1. The van der Waals surface area contributed by atoms with Gasteiger partial charge in [-0.3, -0.25) is 10.2 Å². The summed E-state index contributed by atoms with van der Waals surface area (Å²) in [7, 11) is 1.62. The number of halogens is 1. The molecule has 0 bridgehead atoms. The van der Waals surface area contributed by atoms with Gasteiger partial charge in [-0.2, -0.15) is 15.1 Å². The summed E-state index contributed by atoms with van der Waals surface area (Å²) in [5.74, 6) is 0.317. The van der Waals surface area contributed by atoms with Gasteiger partial charge in [-0.1, -0.05) is 31.4 Å². The van der Waals surface area contributed by atoms with Gasteiger partial charge in [-0.05, 0) is 74.4 Å². The molecule has 0 saturated carbocycles. The van der Waals surface area contributed by atoms with Crippen LogP contribution in [0.3, 0.4) is 0 Å². The lowest BCUT2D eigenvalue weighted by Crippen LogP contribution is -2.35. The van der Waals surface area contributed by atoms with Crippen LogP contribution in [-0.4, -0.2) is 38.6 Å². The van der Waals surface area contributed by atoms with Crippen LogP contribution >= 0.6 is 23.4 Å². The Morgan fingerprint density at radius 2 is 2.03 bits per heavy atom. The first-order valence-corrected chi connectivity index (χ1v) is 12.1. The number of ether oxygens (including phenoxy) is 1. The fraction of sp³-hybridized carbons (Fsp3) is 0.333. The van der Waals surface area contributed by atoms with Crippen LogP contribution in [0, 0.1) is 19.3 Å². The van der Waals surface area contributed by atoms with Gasteiger partial charge in [-0.25, -0.2) is 0 Å². The second-order valence-electron chi connectivity index (χ2n) is 7.95. The zero-order valence-corrected chi connectivity index (χ0v) is 20.7. The summed E-state index contributed by atoms with van der Waals surface area (Å²) in [5, 5.41) is 16.6. The average molecular weight is 484 g/mol. The number of benzene rings is 1. The molecule has 1 aromatic heterocycles. The van der Waals surface area contributed by atoms with E-state index in [-0.39, 0.29) is 11.4 Å². The molecule has 1 amide bonds. The maximum atomic E-state index is 12.8. The largest absolute Gasteiger partial charge is 0.495 e. The van der Waals surface area contributed by atoms with Crippen molar-refractivity contribution in [1.29, 1.82) is 5.41 Å². The summed E-state index contributed by atoms with van der Waals surface area (Å²) >= 11 is 7.62. The highest BCUT2D eigenvalue weighted by Crippen LogP contribution is 2.33. The molecule has 0 saturated heterocycles. The zero-order valence-electron chi connectivity index (χ0n) is 19.1. The Hall–Kier alpha value is -2.84. The molecule has 0 radical (unpaired) electrons. The molecule has 7 nitrogen and oxygen atoms in total. The molecule has 0 unspecified atom stereocenters. The minimum absolute atomic E-state index is 0.0492. The predicted octanol–water partition coefficient (Wildman–Crippen LogP) is 5.96. The fourth-order valence-electron chi connectivity index (χ4n) is 3.96. The molecule has 3 heterocycles. The number of unbranched alkanes of at least 4 members (excludes halogenated alkanes) is 2. The van der Waals surface area contributed by atoms with E-state index < -0.39 is 5.91 Å². The van der Waals surface area contributed by atoms with Crippen molar-refractivity contribution in [1.82, 2.24) is 9.58 Å². The quantitative estimate of drug-likeness (QED) is 0.389. The standard InChI is InChI=1S/C24H26ClN5O2S/c1-5-6-7-8-21-28-30-22(26)18(23(31)27-24(30)33-21)12-16-11-14(2)29(15(16)3)19-13-17(25)9-10-20(19)32-4/h9-13,26H,5-8H2,1-4H3/b18-12+,26-22?. The highest BCUT2D eigenvalue weighted by atomic mass is 35.5. The number of amides is 1. The van der Waals surface area contributed by atoms with Gasteiger partial charge in [0.15, 0.2) is 5.84 Å². The van der Waals surface area contributed by atoms with E-state index in [0.29, 0.717) is 15.9 Å². The molecule has 2 aliphatic rings. The van der Waals surface area contributed by atoms with E-state index in [1.807, 2.05) is 36.6 Å². The number of rotatable bonds is 7. The van der Waals surface area contributed by atoms with Crippen LogP contribution in [0.25, 0.3) is 11.8 Å². The summed E-state index contributed by atoms with van der Waals surface area (Å²) < 4.78 is 7.55. The number of carbonyl (C=O) groups is 1. The maximum absolute atomic E-state index is 12.8. The summed E-state index contributed by atoms with van der Waals surface area (Å²) in [6, 6.07) is 7.43. The topological polar surface area (TPSA) is 83.0 Å². The molecule has 2 aromatic rings. The molecule has 1 aromatic carbocycles. The maximum Gasteiger partial charge on any atom is 0.283 e. The van der Waals surface area contributed by atoms with E-state index in [9.17, 15) is 4.79 Å². The van der Waals surface area contributed by atoms with E-state index in [0.717, 1.165) is 53.4 Å². The minimum Gasteiger partial charge on any atom is -0.495 e. The number of hydrazone groups is 1. The monoisotopic (exact) mass is 483 g/mol. The average Bonchev–Trinajstić information content (AvgIpc) is 3.31. The Labute approximate surface area is 202 Å². The lowest BCUT2D eigenvalue weighted by Gasteiger charge is -2.20. The van der Waals surface area contributed by atoms with Gasteiger partial charge >= 0.3 is 0 Å². The molecule has 2 aliphatic heterocycles. The molecule has 9 heteroatoms. The van der Waals surface area contributed by atoms with Crippen LogP contribution in [0.5, 0.6) is 5.75 Å². The van der Waals surface area contributed by atoms with Crippen molar-refractivity contribution in [2.45, 2.75) is 46.5 Å². The summed E-state index contributed by atoms with van der Waals surface area (Å²) in [5.41, 5.74) is 3.70. The normalized spacial score (nSPS) is 16.9. The molecule has 0 aliphatic carbocycles. The predicted molar refractivity (Wildman–Crippen MR) is 136 cm³/mol. The number of fused-ring (bicyclic) bond motifs is 1. The number of hydrogen-bond acceptors (Lipinski definition) is 5. The molecular formula is C24H26ClN5O2S. The van der Waals surface area contributed by atoms with Gasteiger partial charge in [-0.15, -0.1) is 0 Å². The number of hydrogen-bond donors (Lipinski definition) is 1. The van der Waals surface area contributed by atoms with Crippen LogP contribution in [0.1, 0.15) is 49.6 Å². The Balaban J connectivity index is 1.68. The molecule has 1 N–H and O–H groups in total. The molecule has 172 valence electrons. The van der Waals surface area contributed by atoms with Crippen molar-refractivity contribution in [3.05, 3.63) is 51.8 Å². The minimum atomic E-state index is -0.422. The van der Waals surface area contributed by atoms with Crippen molar-refractivity contribution in [3.63, 3.8) is 0 Å². The zero-order chi connectivity index (χ0) is 23.7. The summed E-state index contributed by atoms with van der Waals surface area (Å²) in [4.78, 5) is 17.0. The number of carbonyl (C=O) groups excluding carboxylic acids is 1. The Kier molecular flexibility index (Phi) is 6.76. The fourth-order valence-corrected chi connectivity index (χ4v) is 5.05. The van der Waals surface area contributed by atoms with Crippen molar-refractivity contribution >= 4 is 51.4 Å². The Bertz CT molecular complexity index is 1230. The van der Waals surface area contributed by atoms with Crippen LogP contribution in [0.15, 0.2) is 39.9 Å². The van der Waals surface area contributed by atoms with Gasteiger partial charge in [0.05, 0.1) is 18.4 Å². The van der Waals surface area contributed by atoms with E-state index >= 15 is 0 Å². The van der Waals surface area contributed by atoms with E-state index in [2.05, 4.69) is 17.0 Å². The van der Waals surface area contributed by atoms with E-state index in [1.165, 1.54) is 16.8 Å². The molecular weight excluding hydrogens is 458 g/mol. The second-order valence-corrected chi connectivity index (χ2v) is 9.43. The molecule has 0 fully saturated rings. The Morgan fingerprint density at radius 3 is 2.76 bits per heavy atom. The van der Waals surface area contributed by atoms with Crippen LogP contribution in [0.2, 0.25) is 5.02 Å². The first-order valence-electron chi connectivity index (χ1n) is 10.9. The summed E-state index contributed by atoms with van der Waals surface area (Å²) in [6.45, 7) is 6.09. The Morgan fingerprint density at radius 1 is 1.24 bits per heavy atom. The first kappa shape index (κ1) is 23.3. The molecule has 4 rings (SSSR count). The highest BCUT2D eigenvalue weighted by Gasteiger charge is 2.35.